The molecule has 0 aliphatic heterocycles. The third kappa shape index (κ3) is 3.39. The largest absolute Gasteiger partial charge is 0.309 e. The van der Waals surface area contributed by atoms with Crippen molar-refractivity contribution in [2.24, 2.45) is 7.05 Å². The zero-order valence-corrected chi connectivity index (χ0v) is 12.6. The molecule has 0 spiro atoms. The summed E-state index contributed by atoms with van der Waals surface area (Å²) >= 11 is 1.52. The number of aromatic nitrogens is 4. The maximum absolute atomic E-state index is 4.21. The van der Waals surface area contributed by atoms with Crippen LogP contribution in [0.5, 0.6) is 0 Å². The lowest BCUT2D eigenvalue weighted by atomic mass is 10.1. The Morgan fingerprint density at radius 3 is 2.89 bits per heavy atom. The van der Waals surface area contributed by atoms with Crippen LogP contribution in [-0.4, -0.2) is 25.9 Å². The quantitative estimate of drug-likeness (QED) is 0.843. The molecule has 0 aliphatic rings. The van der Waals surface area contributed by atoms with Gasteiger partial charge in [0, 0.05) is 25.0 Å². The van der Waals surface area contributed by atoms with Crippen LogP contribution in [0, 0.1) is 0 Å². The highest BCUT2D eigenvalue weighted by atomic mass is 32.1. The molecule has 0 aliphatic carbocycles. The van der Waals surface area contributed by atoms with E-state index in [-0.39, 0.29) is 0 Å². The van der Waals surface area contributed by atoms with Crippen LogP contribution in [0.1, 0.15) is 42.6 Å². The van der Waals surface area contributed by atoms with Crippen molar-refractivity contribution in [1.29, 1.82) is 0 Å². The van der Waals surface area contributed by atoms with E-state index in [2.05, 4.69) is 39.9 Å². The van der Waals surface area contributed by atoms with Crippen molar-refractivity contribution in [3.05, 3.63) is 28.5 Å². The molecule has 104 valence electrons. The molecule has 2 rings (SSSR count). The molecule has 1 atom stereocenters. The number of nitrogens with zero attached hydrogens (tertiary/aromatic N) is 4. The van der Waals surface area contributed by atoms with Crippen molar-refractivity contribution >= 4 is 11.5 Å². The highest BCUT2D eigenvalue weighted by molar-refractivity contribution is 7.05. The number of hydrogen-bond donors (Lipinski definition) is 1. The Morgan fingerprint density at radius 1 is 1.42 bits per heavy atom. The van der Waals surface area contributed by atoms with Gasteiger partial charge in [0.1, 0.15) is 0 Å². The van der Waals surface area contributed by atoms with Crippen molar-refractivity contribution in [2.75, 3.05) is 6.54 Å². The fourth-order valence-electron chi connectivity index (χ4n) is 2.24. The van der Waals surface area contributed by atoms with Gasteiger partial charge in [0.2, 0.25) is 0 Å². The number of rotatable bonds is 7. The van der Waals surface area contributed by atoms with Gasteiger partial charge in [-0.3, -0.25) is 4.68 Å². The first-order valence-electron chi connectivity index (χ1n) is 6.77. The number of aryl methyl sites for hydroxylation is 3. The average Bonchev–Trinajstić information content (AvgIpc) is 3.03. The summed E-state index contributed by atoms with van der Waals surface area (Å²) in [6, 6.07) is 2.42. The van der Waals surface area contributed by atoms with Crippen molar-refractivity contribution in [3.63, 3.8) is 0 Å². The fourth-order valence-corrected chi connectivity index (χ4v) is 3.08. The molecular formula is C13H21N5S. The first kappa shape index (κ1) is 14.1. The Labute approximate surface area is 118 Å². The zero-order chi connectivity index (χ0) is 13.7. The van der Waals surface area contributed by atoms with E-state index in [9.17, 15) is 0 Å². The number of hydrogen-bond acceptors (Lipinski definition) is 5. The van der Waals surface area contributed by atoms with Gasteiger partial charge in [-0.25, -0.2) is 0 Å². The maximum atomic E-state index is 4.21. The summed E-state index contributed by atoms with van der Waals surface area (Å²) in [4.78, 5) is 1.28. The van der Waals surface area contributed by atoms with E-state index in [0.717, 1.165) is 31.5 Å². The summed E-state index contributed by atoms with van der Waals surface area (Å²) in [6.07, 6.45) is 4.85. The third-order valence-electron chi connectivity index (χ3n) is 3.30. The van der Waals surface area contributed by atoms with E-state index in [1.807, 2.05) is 17.9 Å². The Hall–Kier alpha value is -1.27. The molecule has 0 bridgehead atoms. The van der Waals surface area contributed by atoms with Crippen LogP contribution in [0.4, 0.5) is 0 Å². The van der Waals surface area contributed by atoms with Crippen molar-refractivity contribution in [3.8, 4) is 0 Å². The molecule has 2 aromatic rings. The average molecular weight is 279 g/mol. The third-order valence-corrected chi connectivity index (χ3v) is 4.18. The van der Waals surface area contributed by atoms with Crippen LogP contribution >= 0.6 is 11.5 Å². The van der Waals surface area contributed by atoms with Gasteiger partial charge in [-0.15, -0.1) is 5.10 Å². The summed E-state index contributed by atoms with van der Waals surface area (Å²) in [6.45, 7) is 5.22. The van der Waals surface area contributed by atoms with Gasteiger partial charge in [0.15, 0.2) is 0 Å². The SMILES string of the molecule is CCNC(CCc1ccnn1C)c1snnc1CC. The Kier molecular flexibility index (Phi) is 5.04. The smallest absolute Gasteiger partial charge is 0.0800 e. The van der Waals surface area contributed by atoms with E-state index in [0.29, 0.717) is 6.04 Å². The van der Waals surface area contributed by atoms with E-state index in [4.69, 9.17) is 0 Å². The Morgan fingerprint density at radius 2 is 2.26 bits per heavy atom. The van der Waals surface area contributed by atoms with Gasteiger partial charge >= 0.3 is 0 Å². The minimum absolute atomic E-state index is 0.342. The highest BCUT2D eigenvalue weighted by Gasteiger charge is 2.18. The minimum atomic E-state index is 0.342. The molecule has 19 heavy (non-hydrogen) atoms. The van der Waals surface area contributed by atoms with E-state index in [1.54, 1.807) is 0 Å². The molecular weight excluding hydrogens is 258 g/mol. The molecule has 0 aromatic carbocycles. The minimum Gasteiger partial charge on any atom is -0.309 e. The van der Waals surface area contributed by atoms with Crippen LogP contribution in [0.15, 0.2) is 12.3 Å². The van der Waals surface area contributed by atoms with Gasteiger partial charge < -0.3 is 5.32 Å². The summed E-state index contributed by atoms with van der Waals surface area (Å²) < 4.78 is 6.03. The van der Waals surface area contributed by atoms with E-state index in [1.165, 1.54) is 22.1 Å². The van der Waals surface area contributed by atoms with Gasteiger partial charge in [0.05, 0.1) is 10.6 Å². The Bertz CT molecular complexity index is 505. The molecule has 2 heterocycles. The highest BCUT2D eigenvalue weighted by Crippen LogP contribution is 2.25. The number of nitrogens with one attached hydrogen (secondary N) is 1. The molecule has 6 heteroatoms. The van der Waals surface area contributed by atoms with Crippen LogP contribution in [0.25, 0.3) is 0 Å². The molecule has 2 aromatic heterocycles. The van der Waals surface area contributed by atoms with Crippen molar-refractivity contribution < 1.29 is 0 Å². The van der Waals surface area contributed by atoms with Crippen molar-refractivity contribution in [1.82, 2.24) is 24.7 Å². The lowest BCUT2D eigenvalue weighted by Gasteiger charge is -2.16. The molecule has 5 nitrogen and oxygen atoms in total. The van der Waals surface area contributed by atoms with Gasteiger partial charge in [-0.2, -0.15) is 5.10 Å². The van der Waals surface area contributed by atoms with Crippen LogP contribution in [0.2, 0.25) is 0 Å². The molecule has 0 saturated heterocycles. The molecule has 1 unspecified atom stereocenters. The van der Waals surface area contributed by atoms with Gasteiger partial charge in [-0.1, -0.05) is 18.3 Å². The summed E-state index contributed by atoms with van der Waals surface area (Å²) in [7, 11) is 1.99. The van der Waals surface area contributed by atoms with Gasteiger partial charge in [-0.05, 0) is 43.4 Å². The summed E-state index contributed by atoms with van der Waals surface area (Å²) in [5, 5.41) is 12.0. The lowest BCUT2D eigenvalue weighted by molar-refractivity contribution is 0.509. The molecule has 0 fully saturated rings. The van der Waals surface area contributed by atoms with Crippen molar-refractivity contribution in [2.45, 2.75) is 39.2 Å². The second-order valence-corrected chi connectivity index (χ2v) is 5.32. The van der Waals surface area contributed by atoms with Crippen LogP contribution < -0.4 is 5.32 Å². The monoisotopic (exact) mass is 279 g/mol. The first-order valence-corrected chi connectivity index (χ1v) is 7.55. The predicted molar refractivity (Wildman–Crippen MR) is 77.2 cm³/mol. The van der Waals surface area contributed by atoms with Gasteiger partial charge in [0.25, 0.3) is 0 Å². The Balaban J connectivity index is 2.06. The fraction of sp³-hybridized carbons (Fsp3) is 0.615. The zero-order valence-electron chi connectivity index (χ0n) is 11.8. The van der Waals surface area contributed by atoms with Crippen LogP contribution in [-0.2, 0) is 19.9 Å². The normalized spacial score (nSPS) is 12.8. The van der Waals surface area contributed by atoms with E-state index >= 15 is 0 Å². The predicted octanol–water partition coefficient (Wildman–Crippen LogP) is 2.12. The first-order chi connectivity index (χ1) is 9.26. The lowest BCUT2D eigenvalue weighted by Crippen LogP contribution is -2.22. The molecule has 0 amide bonds. The molecule has 0 radical (unpaired) electrons. The standard InChI is InChI=1S/C13H21N5S/c1-4-11-13(19-17-16-11)12(14-5-2)7-6-10-8-9-15-18(10)3/h8-9,12,14H,4-7H2,1-3H3. The maximum Gasteiger partial charge on any atom is 0.0800 e. The second kappa shape index (κ2) is 6.77. The summed E-state index contributed by atoms with van der Waals surface area (Å²) in [5.74, 6) is 0. The molecule has 0 saturated carbocycles. The second-order valence-electron chi connectivity index (χ2n) is 4.53. The van der Waals surface area contributed by atoms with E-state index < -0.39 is 0 Å². The molecule has 1 N–H and O–H groups in total. The summed E-state index contributed by atoms with van der Waals surface area (Å²) in [5.41, 5.74) is 2.39. The van der Waals surface area contributed by atoms with Crippen LogP contribution in [0.3, 0.4) is 0 Å². The topological polar surface area (TPSA) is 55.6 Å².